The van der Waals surface area contributed by atoms with Gasteiger partial charge in [0.1, 0.15) is 5.56 Å². The van der Waals surface area contributed by atoms with Gasteiger partial charge in [0.15, 0.2) is 0 Å². The van der Waals surface area contributed by atoms with Crippen molar-refractivity contribution < 1.29 is 15.0 Å². The van der Waals surface area contributed by atoms with Crippen LogP contribution in [0.15, 0.2) is 24.3 Å². The van der Waals surface area contributed by atoms with Crippen LogP contribution in [-0.4, -0.2) is 31.6 Å². The normalized spacial score (nSPS) is 12.8. The molecule has 2 rings (SSSR count). The number of carbonyl (C=O) groups is 1. The Morgan fingerprint density at radius 3 is 2.34 bits per heavy atom. The third-order valence-corrected chi connectivity index (χ3v) is 5.02. The maximum Gasteiger partial charge on any atom is 0.339 e. The Morgan fingerprint density at radius 2 is 1.86 bits per heavy atom. The van der Waals surface area contributed by atoms with E-state index in [0.717, 1.165) is 18.5 Å². The molecule has 1 aromatic heterocycles. The number of carboxylic acids is 1. The van der Waals surface area contributed by atoms with Crippen LogP contribution >= 0.6 is 0 Å². The molecule has 0 spiro atoms. The molecular weight excluding hydrogens is 366 g/mol. The summed E-state index contributed by atoms with van der Waals surface area (Å²) >= 11 is 0. The van der Waals surface area contributed by atoms with Gasteiger partial charge in [-0.05, 0) is 62.8 Å². The average molecular weight is 398 g/mol. The van der Waals surface area contributed by atoms with Crippen LogP contribution in [0, 0.1) is 17.2 Å². The van der Waals surface area contributed by atoms with Gasteiger partial charge in [0.05, 0.1) is 34.3 Å². The van der Waals surface area contributed by atoms with Crippen molar-refractivity contribution in [2.45, 2.75) is 71.8 Å². The predicted octanol–water partition coefficient (Wildman–Crippen LogP) is 4.69. The number of carboxylic acid groups (broad SMARTS) is 1. The summed E-state index contributed by atoms with van der Waals surface area (Å²) in [5.74, 6) is -0.740. The third-order valence-electron chi connectivity index (χ3n) is 5.02. The molecule has 29 heavy (non-hydrogen) atoms. The Balaban J connectivity index is 2.36. The van der Waals surface area contributed by atoms with Crippen LogP contribution in [-0.2, 0) is 6.42 Å². The lowest BCUT2D eigenvalue weighted by atomic mass is 9.92. The molecule has 6 heteroatoms. The zero-order valence-corrected chi connectivity index (χ0v) is 17.9. The van der Waals surface area contributed by atoms with Crippen molar-refractivity contribution in [3.8, 4) is 11.8 Å². The molecule has 0 bridgehead atoms. The first-order chi connectivity index (χ1) is 13.5. The average Bonchev–Trinajstić information content (AvgIpc) is 3.00. The molecule has 0 aliphatic heterocycles. The molecule has 0 fully saturated rings. The molecule has 6 nitrogen and oxygen atoms in total. The molecule has 2 aromatic rings. The number of aromatic carboxylic acids is 1. The minimum absolute atomic E-state index is 0.0245. The standard InChI is InChI=1S/C23H31N3O3/c1-15(2)21-20(22(27)28)19(13-16(3)7-6-12-23(4,5)29)25-26(21)18-10-8-17(14-24)9-11-18/h8-11,15-16,29H,6-7,12-13H2,1-5H3,(H,27,28). The highest BCUT2D eigenvalue weighted by Crippen LogP contribution is 2.29. The molecule has 2 N–H and O–H groups in total. The molecular formula is C23H31N3O3. The fourth-order valence-electron chi connectivity index (χ4n) is 3.58. The first kappa shape index (κ1) is 22.6. The van der Waals surface area contributed by atoms with Gasteiger partial charge in [0.25, 0.3) is 0 Å². The van der Waals surface area contributed by atoms with Crippen LogP contribution in [0.1, 0.15) is 87.1 Å². The minimum atomic E-state index is -0.965. The Labute approximate surface area is 172 Å². The Morgan fingerprint density at radius 1 is 1.24 bits per heavy atom. The second-order valence-corrected chi connectivity index (χ2v) is 8.75. The summed E-state index contributed by atoms with van der Waals surface area (Å²) < 4.78 is 1.70. The molecule has 0 radical (unpaired) electrons. The van der Waals surface area contributed by atoms with Gasteiger partial charge >= 0.3 is 5.97 Å². The minimum Gasteiger partial charge on any atom is -0.478 e. The van der Waals surface area contributed by atoms with Crippen molar-refractivity contribution in [2.24, 2.45) is 5.92 Å². The number of hydrogen-bond acceptors (Lipinski definition) is 4. The maximum atomic E-state index is 12.1. The highest BCUT2D eigenvalue weighted by Gasteiger charge is 2.27. The number of nitriles is 1. The van der Waals surface area contributed by atoms with Crippen LogP contribution in [0.3, 0.4) is 0 Å². The summed E-state index contributed by atoms with van der Waals surface area (Å²) in [7, 11) is 0. The third kappa shape index (κ3) is 5.91. The molecule has 0 aliphatic carbocycles. The van der Waals surface area contributed by atoms with Crippen LogP contribution in [0.25, 0.3) is 5.69 Å². The van der Waals surface area contributed by atoms with E-state index in [1.807, 2.05) is 13.8 Å². The molecule has 0 saturated heterocycles. The van der Waals surface area contributed by atoms with Crippen molar-refractivity contribution in [1.29, 1.82) is 5.26 Å². The van der Waals surface area contributed by atoms with Gasteiger partial charge in [-0.25, -0.2) is 9.48 Å². The van der Waals surface area contributed by atoms with Crippen molar-refractivity contribution in [3.05, 3.63) is 46.8 Å². The van der Waals surface area contributed by atoms with E-state index in [2.05, 4.69) is 18.1 Å². The number of rotatable bonds is 9. The number of benzene rings is 1. The van der Waals surface area contributed by atoms with Crippen molar-refractivity contribution >= 4 is 5.97 Å². The number of hydrogen-bond donors (Lipinski definition) is 2. The van der Waals surface area contributed by atoms with E-state index >= 15 is 0 Å². The lowest BCUT2D eigenvalue weighted by Crippen LogP contribution is -2.18. The fourth-order valence-corrected chi connectivity index (χ4v) is 3.58. The van der Waals surface area contributed by atoms with Gasteiger partial charge in [-0.3, -0.25) is 0 Å². The van der Waals surface area contributed by atoms with Gasteiger partial charge in [0.2, 0.25) is 0 Å². The Kier molecular flexibility index (Phi) is 7.21. The monoisotopic (exact) mass is 397 g/mol. The summed E-state index contributed by atoms with van der Waals surface area (Å²) in [6, 6.07) is 9.09. The molecule has 1 unspecified atom stereocenters. The van der Waals surface area contributed by atoms with Gasteiger partial charge < -0.3 is 10.2 Å². The summed E-state index contributed by atoms with van der Waals surface area (Å²) in [6.07, 6.45) is 3.04. The first-order valence-corrected chi connectivity index (χ1v) is 10.1. The van der Waals surface area contributed by atoms with Crippen LogP contribution in [0.4, 0.5) is 0 Å². The first-order valence-electron chi connectivity index (χ1n) is 10.1. The van der Waals surface area contributed by atoms with Gasteiger partial charge in [0, 0.05) is 0 Å². The van der Waals surface area contributed by atoms with Gasteiger partial charge in [-0.2, -0.15) is 10.4 Å². The number of aliphatic hydroxyl groups is 1. The van der Waals surface area contributed by atoms with E-state index in [-0.39, 0.29) is 17.4 Å². The van der Waals surface area contributed by atoms with Crippen LogP contribution in [0.2, 0.25) is 0 Å². The van der Waals surface area contributed by atoms with Gasteiger partial charge in [-0.15, -0.1) is 0 Å². The molecule has 1 aromatic carbocycles. The fraction of sp³-hybridized carbons (Fsp3) is 0.522. The lowest BCUT2D eigenvalue weighted by molar-refractivity contribution is 0.0669. The highest BCUT2D eigenvalue weighted by molar-refractivity contribution is 5.90. The lowest BCUT2D eigenvalue weighted by Gasteiger charge is -2.18. The molecule has 1 atom stereocenters. The van der Waals surface area contributed by atoms with E-state index < -0.39 is 11.6 Å². The molecule has 1 heterocycles. The van der Waals surface area contributed by atoms with E-state index in [1.54, 1.807) is 42.8 Å². The second kappa shape index (κ2) is 9.23. The Bertz CT molecular complexity index is 884. The largest absolute Gasteiger partial charge is 0.478 e. The summed E-state index contributed by atoms with van der Waals surface area (Å²) in [5, 5.41) is 33.5. The van der Waals surface area contributed by atoms with Crippen LogP contribution < -0.4 is 0 Å². The summed E-state index contributed by atoms with van der Waals surface area (Å²) in [5.41, 5.74) is 2.14. The highest BCUT2D eigenvalue weighted by atomic mass is 16.4. The van der Waals surface area contributed by atoms with Crippen molar-refractivity contribution in [2.75, 3.05) is 0 Å². The zero-order chi connectivity index (χ0) is 21.8. The Hall–Kier alpha value is -2.65. The summed E-state index contributed by atoms with van der Waals surface area (Å²) in [6.45, 7) is 9.61. The van der Waals surface area contributed by atoms with E-state index in [0.29, 0.717) is 29.8 Å². The van der Waals surface area contributed by atoms with E-state index in [4.69, 9.17) is 5.26 Å². The molecule has 156 valence electrons. The predicted molar refractivity (Wildman–Crippen MR) is 112 cm³/mol. The SMILES string of the molecule is CC(CCCC(C)(C)O)Cc1nn(-c2ccc(C#N)cc2)c(C(C)C)c1C(=O)O. The quantitative estimate of drug-likeness (QED) is 0.640. The van der Waals surface area contributed by atoms with Gasteiger partial charge in [-0.1, -0.05) is 33.6 Å². The summed E-state index contributed by atoms with van der Waals surface area (Å²) in [4.78, 5) is 12.1. The van der Waals surface area contributed by atoms with Crippen LogP contribution in [0.5, 0.6) is 0 Å². The number of aromatic nitrogens is 2. The second-order valence-electron chi connectivity index (χ2n) is 8.75. The van der Waals surface area contributed by atoms with Crippen molar-refractivity contribution in [1.82, 2.24) is 9.78 Å². The zero-order valence-electron chi connectivity index (χ0n) is 17.9. The van der Waals surface area contributed by atoms with E-state index in [9.17, 15) is 15.0 Å². The topological polar surface area (TPSA) is 99.1 Å². The van der Waals surface area contributed by atoms with E-state index in [1.165, 1.54) is 0 Å². The smallest absolute Gasteiger partial charge is 0.339 e. The maximum absolute atomic E-state index is 12.1. The molecule has 0 aliphatic rings. The number of nitrogens with zero attached hydrogens (tertiary/aromatic N) is 3. The van der Waals surface area contributed by atoms with Crippen molar-refractivity contribution in [3.63, 3.8) is 0 Å². The molecule has 0 saturated carbocycles. The molecule has 0 amide bonds.